The van der Waals surface area contributed by atoms with E-state index in [0.29, 0.717) is 5.69 Å². The van der Waals surface area contributed by atoms with Gasteiger partial charge < -0.3 is 14.4 Å². The minimum atomic E-state index is -1.10. The van der Waals surface area contributed by atoms with Crippen LogP contribution in [0.5, 0.6) is 5.95 Å². The molecule has 0 spiro atoms. The van der Waals surface area contributed by atoms with Crippen molar-refractivity contribution in [2.24, 2.45) is 0 Å². The Balaban J connectivity index is 3.17. The summed E-state index contributed by atoms with van der Waals surface area (Å²) in [6.45, 7) is 1.54. The van der Waals surface area contributed by atoms with Gasteiger partial charge in [-0.15, -0.1) is 0 Å². The predicted molar refractivity (Wildman–Crippen MR) is 34.8 cm³/mol. The van der Waals surface area contributed by atoms with Crippen molar-refractivity contribution < 1.29 is 19.2 Å². The van der Waals surface area contributed by atoms with Crippen LogP contribution in [0.1, 0.15) is 16.1 Å². The SMILES string of the molecule is COc1onc(C)c1C(=O)O. The van der Waals surface area contributed by atoms with Crippen LogP contribution in [-0.4, -0.2) is 23.3 Å². The molecule has 0 amide bonds. The second-order valence-electron chi connectivity index (χ2n) is 1.94. The van der Waals surface area contributed by atoms with Gasteiger partial charge in [0.05, 0.1) is 12.8 Å². The van der Waals surface area contributed by atoms with E-state index in [1.165, 1.54) is 14.0 Å². The molecule has 60 valence electrons. The number of aryl methyl sites for hydroxylation is 1. The van der Waals surface area contributed by atoms with E-state index in [-0.39, 0.29) is 11.5 Å². The van der Waals surface area contributed by atoms with Crippen LogP contribution in [0.3, 0.4) is 0 Å². The summed E-state index contributed by atoms with van der Waals surface area (Å²) in [5.74, 6) is -1.16. The van der Waals surface area contributed by atoms with Crippen LogP contribution in [-0.2, 0) is 0 Å². The second kappa shape index (κ2) is 2.61. The van der Waals surface area contributed by atoms with Crippen molar-refractivity contribution in [3.63, 3.8) is 0 Å². The number of hydrogen-bond donors (Lipinski definition) is 1. The molecule has 0 bridgehead atoms. The third kappa shape index (κ3) is 1.17. The molecule has 0 aromatic carbocycles. The number of carbonyl (C=O) groups is 1. The van der Waals surface area contributed by atoms with E-state index >= 15 is 0 Å². The molecule has 1 N–H and O–H groups in total. The first-order chi connectivity index (χ1) is 5.16. The largest absolute Gasteiger partial charge is 0.477 e. The smallest absolute Gasteiger partial charge is 0.345 e. The second-order valence-corrected chi connectivity index (χ2v) is 1.94. The van der Waals surface area contributed by atoms with E-state index in [1.54, 1.807) is 0 Å². The molecule has 0 fully saturated rings. The van der Waals surface area contributed by atoms with Gasteiger partial charge in [0.15, 0.2) is 5.56 Å². The monoisotopic (exact) mass is 157 g/mol. The third-order valence-corrected chi connectivity index (χ3v) is 1.23. The zero-order chi connectivity index (χ0) is 8.43. The van der Waals surface area contributed by atoms with Gasteiger partial charge >= 0.3 is 11.9 Å². The molecule has 0 atom stereocenters. The van der Waals surface area contributed by atoms with Crippen LogP contribution in [0.4, 0.5) is 0 Å². The first-order valence-electron chi connectivity index (χ1n) is 2.90. The van der Waals surface area contributed by atoms with Gasteiger partial charge in [0.25, 0.3) is 0 Å². The molecule has 0 aliphatic rings. The Labute approximate surface area is 62.6 Å². The van der Waals surface area contributed by atoms with Crippen molar-refractivity contribution in [3.8, 4) is 5.95 Å². The molecule has 0 unspecified atom stereocenters. The molecule has 0 saturated carbocycles. The van der Waals surface area contributed by atoms with Crippen molar-refractivity contribution in [1.29, 1.82) is 0 Å². The molecule has 0 radical (unpaired) electrons. The van der Waals surface area contributed by atoms with E-state index in [2.05, 4.69) is 14.4 Å². The van der Waals surface area contributed by atoms with Crippen molar-refractivity contribution in [3.05, 3.63) is 11.3 Å². The highest BCUT2D eigenvalue weighted by Crippen LogP contribution is 2.20. The Morgan fingerprint density at radius 1 is 1.73 bits per heavy atom. The molecular formula is C6H7NO4. The first kappa shape index (κ1) is 7.59. The average molecular weight is 157 g/mol. The van der Waals surface area contributed by atoms with Gasteiger partial charge in [0, 0.05) is 0 Å². The Kier molecular flexibility index (Phi) is 1.80. The maximum Gasteiger partial charge on any atom is 0.345 e. The van der Waals surface area contributed by atoms with Gasteiger partial charge in [-0.05, 0) is 6.92 Å². The molecular weight excluding hydrogens is 150 g/mol. The van der Waals surface area contributed by atoms with Crippen molar-refractivity contribution in [2.75, 3.05) is 7.11 Å². The van der Waals surface area contributed by atoms with Crippen molar-refractivity contribution in [2.45, 2.75) is 6.92 Å². The van der Waals surface area contributed by atoms with Gasteiger partial charge in [0.2, 0.25) is 0 Å². The Morgan fingerprint density at radius 3 is 2.73 bits per heavy atom. The normalized spacial score (nSPS) is 9.64. The van der Waals surface area contributed by atoms with E-state index in [9.17, 15) is 4.79 Å². The lowest BCUT2D eigenvalue weighted by Crippen LogP contribution is -1.99. The number of carboxylic acid groups (broad SMARTS) is 1. The highest BCUT2D eigenvalue weighted by Gasteiger charge is 2.19. The number of hydrogen-bond acceptors (Lipinski definition) is 4. The number of methoxy groups -OCH3 is 1. The van der Waals surface area contributed by atoms with Crippen LogP contribution < -0.4 is 4.74 Å². The lowest BCUT2D eigenvalue weighted by atomic mass is 10.3. The standard InChI is InChI=1S/C6H7NO4/c1-3-4(5(8)9)6(10-2)11-7-3/h1-2H3,(H,8,9). The number of aromatic nitrogens is 1. The molecule has 5 heteroatoms. The van der Waals surface area contributed by atoms with E-state index in [4.69, 9.17) is 5.11 Å². The zero-order valence-electron chi connectivity index (χ0n) is 6.12. The maximum absolute atomic E-state index is 10.5. The molecule has 0 aliphatic heterocycles. The highest BCUT2D eigenvalue weighted by molar-refractivity contribution is 5.91. The van der Waals surface area contributed by atoms with E-state index in [0.717, 1.165) is 0 Å². The van der Waals surface area contributed by atoms with Gasteiger partial charge in [-0.3, -0.25) is 0 Å². The van der Waals surface area contributed by atoms with Crippen LogP contribution in [0.15, 0.2) is 4.52 Å². The Bertz CT molecular complexity index is 278. The Morgan fingerprint density at radius 2 is 2.36 bits per heavy atom. The molecule has 1 aromatic rings. The van der Waals surface area contributed by atoms with E-state index in [1.807, 2.05) is 0 Å². The van der Waals surface area contributed by atoms with Crippen molar-refractivity contribution in [1.82, 2.24) is 5.16 Å². The first-order valence-corrected chi connectivity index (χ1v) is 2.90. The summed E-state index contributed by atoms with van der Waals surface area (Å²) < 4.78 is 9.17. The Hall–Kier alpha value is -1.52. The molecule has 1 rings (SSSR count). The molecule has 5 nitrogen and oxygen atoms in total. The lowest BCUT2D eigenvalue weighted by Gasteiger charge is -1.92. The summed E-state index contributed by atoms with van der Waals surface area (Å²) in [6.07, 6.45) is 0. The summed E-state index contributed by atoms with van der Waals surface area (Å²) in [4.78, 5) is 10.5. The van der Waals surface area contributed by atoms with Crippen LogP contribution in [0.2, 0.25) is 0 Å². The van der Waals surface area contributed by atoms with Gasteiger partial charge in [0.1, 0.15) is 0 Å². The van der Waals surface area contributed by atoms with Crippen LogP contribution in [0, 0.1) is 6.92 Å². The van der Waals surface area contributed by atoms with E-state index < -0.39 is 5.97 Å². The summed E-state index contributed by atoms with van der Waals surface area (Å²) in [5, 5.41) is 12.0. The highest BCUT2D eigenvalue weighted by atomic mass is 16.6. The lowest BCUT2D eigenvalue weighted by molar-refractivity contribution is 0.0690. The number of nitrogens with zero attached hydrogens (tertiary/aromatic N) is 1. The molecule has 11 heavy (non-hydrogen) atoms. The fraction of sp³-hybridized carbons (Fsp3) is 0.333. The van der Waals surface area contributed by atoms with Gasteiger partial charge in [-0.2, -0.15) is 0 Å². The minimum Gasteiger partial charge on any atom is -0.477 e. The average Bonchev–Trinajstić information content (AvgIpc) is 2.30. The van der Waals surface area contributed by atoms with Crippen LogP contribution >= 0.6 is 0 Å². The van der Waals surface area contributed by atoms with Gasteiger partial charge in [-0.25, -0.2) is 4.79 Å². The fourth-order valence-corrected chi connectivity index (χ4v) is 0.730. The summed E-state index contributed by atoms with van der Waals surface area (Å²) in [7, 11) is 1.33. The maximum atomic E-state index is 10.5. The molecule has 0 saturated heterocycles. The number of carboxylic acids is 1. The van der Waals surface area contributed by atoms with Crippen LogP contribution in [0.25, 0.3) is 0 Å². The number of ether oxygens (including phenoxy) is 1. The summed E-state index contributed by atoms with van der Waals surface area (Å²) in [6, 6.07) is 0. The summed E-state index contributed by atoms with van der Waals surface area (Å²) in [5.41, 5.74) is 0.293. The van der Waals surface area contributed by atoms with Crippen molar-refractivity contribution >= 4 is 5.97 Å². The molecule has 1 heterocycles. The fourth-order valence-electron chi connectivity index (χ4n) is 0.730. The predicted octanol–water partition coefficient (Wildman–Crippen LogP) is 0.690. The quantitative estimate of drug-likeness (QED) is 0.683. The third-order valence-electron chi connectivity index (χ3n) is 1.23. The minimum absolute atomic E-state index is 0.0208. The summed E-state index contributed by atoms with van der Waals surface area (Å²) >= 11 is 0. The number of rotatable bonds is 2. The topological polar surface area (TPSA) is 72.6 Å². The zero-order valence-corrected chi connectivity index (χ0v) is 6.12. The molecule has 1 aromatic heterocycles. The molecule has 0 aliphatic carbocycles. The number of aromatic carboxylic acids is 1. The van der Waals surface area contributed by atoms with Gasteiger partial charge in [-0.1, -0.05) is 5.16 Å².